The fourth-order valence-electron chi connectivity index (χ4n) is 0.613. The van der Waals surface area contributed by atoms with Crippen molar-refractivity contribution in [2.75, 3.05) is 13.1 Å². The predicted octanol–water partition coefficient (Wildman–Crippen LogP) is 0.921. The van der Waals surface area contributed by atoms with Crippen molar-refractivity contribution in [2.45, 2.75) is 27.7 Å². The van der Waals surface area contributed by atoms with Gasteiger partial charge in [-0.2, -0.15) is 0 Å². The van der Waals surface area contributed by atoms with Gasteiger partial charge in [-0.25, -0.2) is 4.79 Å². The topological polar surface area (TPSA) is 58.2 Å². The Kier molecular flexibility index (Phi) is 4.45. The molecule has 0 unspecified atom stereocenters. The Morgan fingerprint density at radius 1 is 1.15 bits per heavy atom. The summed E-state index contributed by atoms with van der Waals surface area (Å²) in [5.74, 6) is -0.0501. The summed E-state index contributed by atoms with van der Waals surface area (Å²) in [7, 11) is 0. The monoisotopic (exact) mass is 186 g/mol. The smallest absolute Gasteiger partial charge is 0.315 e. The van der Waals surface area contributed by atoms with Crippen LogP contribution in [0.2, 0.25) is 0 Å². The maximum absolute atomic E-state index is 11.0. The van der Waals surface area contributed by atoms with Crippen molar-refractivity contribution >= 4 is 11.8 Å². The Morgan fingerprint density at radius 3 is 2.08 bits per heavy atom. The maximum atomic E-state index is 11.0. The summed E-state index contributed by atoms with van der Waals surface area (Å²) in [5, 5.41) is 5.13. The van der Waals surface area contributed by atoms with Crippen molar-refractivity contribution in [1.82, 2.24) is 10.6 Å². The van der Waals surface area contributed by atoms with E-state index in [0.29, 0.717) is 6.54 Å². The van der Waals surface area contributed by atoms with E-state index in [4.69, 9.17) is 0 Å². The average molecular weight is 186 g/mol. The van der Waals surface area contributed by atoms with Gasteiger partial charge in [0.2, 0.25) is 0 Å². The van der Waals surface area contributed by atoms with Gasteiger partial charge in [-0.3, -0.25) is 4.79 Å². The van der Waals surface area contributed by atoms with E-state index in [2.05, 4.69) is 10.6 Å². The normalized spacial score (nSPS) is 10.8. The fourth-order valence-corrected chi connectivity index (χ4v) is 0.613. The Hall–Kier alpha value is -1.06. The van der Waals surface area contributed by atoms with Gasteiger partial charge >= 0.3 is 6.03 Å². The summed E-state index contributed by atoms with van der Waals surface area (Å²) in [4.78, 5) is 21.5. The molecular formula is C9H18N2O2. The highest BCUT2D eigenvalue weighted by Gasteiger charge is 2.11. The second kappa shape index (κ2) is 4.84. The van der Waals surface area contributed by atoms with Crippen LogP contribution >= 0.6 is 0 Å². The molecular weight excluding hydrogens is 168 g/mol. The third-order valence-corrected chi connectivity index (χ3v) is 1.28. The quantitative estimate of drug-likeness (QED) is 0.688. The van der Waals surface area contributed by atoms with Crippen molar-refractivity contribution in [2.24, 2.45) is 5.41 Å². The van der Waals surface area contributed by atoms with Gasteiger partial charge in [0, 0.05) is 6.54 Å². The van der Waals surface area contributed by atoms with E-state index < -0.39 is 0 Å². The molecule has 0 saturated heterocycles. The number of nitrogens with one attached hydrogen (secondary N) is 2. The van der Waals surface area contributed by atoms with Crippen molar-refractivity contribution < 1.29 is 9.59 Å². The van der Waals surface area contributed by atoms with E-state index in [1.807, 2.05) is 20.8 Å². The highest BCUT2D eigenvalue weighted by Crippen LogP contribution is 2.09. The van der Waals surface area contributed by atoms with Crippen molar-refractivity contribution in [3.8, 4) is 0 Å². The molecule has 0 radical (unpaired) electrons. The van der Waals surface area contributed by atoms with Crippen LogP contribution in [0.3, 0.4) is 0 Å². The molecule has 2 N–H and O–H groups in total. The van der Waals surface area contributed by atoms with Gasteiger partial charge in [-0.1, -0.05) is 20.8 Å². The molecule has 0 aliphatic carbocycles. The first-order valence-electron chi connectivity index (χ1n) is 4.32. The number of hydrogen-bond donors (Lipinski definition) is 2. The molecule has 0 aromatic heterocycles. The zero-order chi connectivity index (χ0) is 10.5. The van der Waals surface area contributed by atoms with Gasteiger partial charge in [0.25, 0.3) is 0 Å². The third kappa shape index (κ3) is 8.85. The first-order chi connectivity index (χ1) is 5.81. The zero-order valence-electron chi connectivity index (χ0n) is 8.73. The second-order valence-corrected chi connectivity index (χ2v) is 4.30. The largest absolute Gasteiger partial charge is 0.338 e. The Bertz CT molecular complexity index is 194. The maximum Gasteiger partial charge on any atom is 0.315 e. The summed E-state index contributed by atoms with van der Waals surface area (Å²) in [6, 6.07) is -0.287. The van der Waals surface area contributed by atoms with Gasteiger partial charge in [-0.15, -0.1) is 0 Å². The molecule has 0 bridgehead atoms. The second-order valence-electron chi connectivity index (χ2n) is 4.30. The molecule has 4 nitrogen and oxygen atoms in total. The van der Waals surface area contributed by atoms with Crippen LogP contribution in [0.4, 0.5) is 4.79 Å². The van der Waals surface area contributed by atoms with Crippen LogP contribution in [0, 0.1) is 5.41 Å². The lowest BCUT2D eigenvalue weighted by Gasteiger charge is -2.18. The molecule has 4 heteroatoms. The summed E-state index contributed by atoms with van der Waals surface area (Å²) < 4.78 is 0. The molecule has 0 fully saturated rings. The van der Waals surface area contributed by atoms with E-state index in [0.717, 1.165) is 0 Å². The van der Waals surface area contributed by atoms with Crippen LogP contribution in [0.1, 0.15) is 27.7 Å². The Labute approximate surface area is 79.1 Å². The van der Waals surface area contributed by atoms with Crippen LogP contribution in [-0.2, 0) is 4.79 Å². The van der Waals surface area contributed by atoms with Gasteiger partial charge in [-0.05, 0) is 12.3 Å². The molecule has 13 heavy (non-hydrogen) atoms. The van der Waals surface area contributed by atoms with Crippen LogP contribution < -0.4 is 10.6 Å². The molecule has 0 spiro atoms. The molecule has 0 aromatic carbocycles. The Morgan fingerprint density at radius 2 is 1.69 bits per heavy atom. The van der Waals surface area contributed by atoms with Gasteiger partial charge < -0.3 is 10.6 Å². The summed E-state index contributed by atoms with van der Waals surface area (Å²) in [6.45, 7) is 8.20. The lowest BCUT2D eigenvalue weighted by atomic mass is 9.97. The minimum atomic E-state index is -0.287. The first kappa shape index (κ1) is 11.9. The molecule has 0 aromatic rings. The molecule has 0 aliphatic rings. The Balaban J connectivity index is 3.58. The predicted molar refractivity (Wildman–Crippen MR) is 51.5 cm³/mol. The van der Waals surface area contributed by atoms with Crippen molar-refractivity contribution in [1.29, 1.82) is 0 Å². The summed E-state index contributed by atoms with van der Waals surface area (Å²) >= 11 is 0. The first-order valence-corrected chi connectivity index (χ1v) is 4.32. The SMILES string of the molecule is CC(=O)CNC(=O)NCC(C)(C)C. The van der Waals surface area contributed by atoms with Gasteiger partial charge in [0.15, 0.2) is 0 Å². The lowest BCUT2D eigenvalue weighted by molar-refractivity contribution is -0.116. The van der Waals surface area contributed by atoms with Gasteiger partial charge in [0.1, 0.15) is 5.78 Å². The minimum absolute atomic E-state index is 0.0501. The van der Waals surface area contributed by atoms with E-state index in [1.165, 1.54) is 6.92 Å². The fraction of sp³-hybridized carbons (Fsp3) is 0.778. The van der Waals surface area contributed by atoms with Crippen LogP contribution in [-0.4, -0.2) is 24.9 Å². The lowest BCUT2D eigenvalue weighted by Crippen LogP contribution is -2.41. The third-order valence-electron chi connectivity index (χ3n) is 1.28. The van der Waals surface area contributed by atoms with Gasteiger partial charge in [0.05, 0.1) is 6.54 Å². The van der Waals surface area contributed by atoms with Crippen LogP contribution in [0.15, 0.2) is 0 Å². The molecule has 0 heterocycles. The minimum Gasteiger partial charge on any atom is -0.338 e. The van der Waals surface area contributed by atoms with E-state index in [9.17, 15) is 9.59 Å². The number of amides is 2. The van der Waals surface area contributed by atoms with Crippen molar-refractivity contribution in [3.63, 3.8) is 0 Å². The molecule has 2 amide bonds. The number of Topliss-reactive ketones (excluding diaryl/α,β-unsaturated/α-hetero) is 1. The highest BCUT2D eigenvalue weighted by molar-refractivity contribution is 5.83. The number of ketones is 1. The zero-order valence-corrected chi connectivity index (χ0v) is 8.73. The number of urea groups is 1. The number of carbonyl (C=O) groups is 2. The molecule has 0 saturated carbocycles. The molecule has 0 atom stereocenters. The molecule has 76 valence electrons. The summed E-state index contributed by atoms with van der Waals surface area (Å²) in [6.07, 6.45) is 0. The van der Waals surface area contributed by atoms with Crippen molar-refractivity contribution in [3.05, 3.63) is 0 Å². The average Bonchev–Trinajstić information content (AvgIpc) is 1.95. The number of hydrogen-bond acceptors (Lipinski definition) is 2. The standard InChI is InChI=1S/C9H18N2O2/c1-7(12)5-10-8(13)11-6-9(2,3)4/h5-6H2,1-4H3,(H2,10,11,13). The van der Waals surface area contributed by atoms with E-state index in [-0.39, 0.29) is 23.8 Å². The molecule has 0 aliphatic heterocycles. The van der Waals surface area contributed by atoms with Crippen LogP contribution in [0.5, 0.6) is 0 Å². The van der Waals surface area contributed by atoms with Crippen LogP contribution in [0.25, 0.3) is 0 Å². The highest BCUT2D eigenvalue weighted by atomic mass is 16.2. The molecule has 0 rings (SSSR count). The van der Waals surface area contributed by atoms with E-state index >= 15 is 0 Å². The number of rotatable bonds is 3. The van der Waals surface area contributed by atoms with E-state index in [1.54, 1.807) is 0 Å². The number of carbonyl (C=O) groups excluding carboxylic acids is 2. The summed E-state index contributed by atoms with van der Waals surface area (Å²) in [5.41, 5.74) is 0.0631.